The van der Waals surface area contributed by atoms with Gasteiger partial charge in [-0.25, -0.2) is 14.5 Å². The number of aromatic nitrogens is 3. The van der Waals surface area contributed by atoms with Crippen molar-refractivity contribution in [1.29, 1.82) is 0 Å². The molecule has 2 amide bonds. The minimum Gasteiger partial charge on any atom is -0.370 e. The summed E-state index contributed by atoms with van der Waals surface area (Å²) in [6, 6.07) is 6.06. The smallest absolute Gasteiger partial charge is 0.320 e. The van der Waals surface area contributed by atoms with Crippen molar-refractivity contribution in [2.75, 3.05) is 23.7 Å². The number of anilines is 2. The highest BCUT2D eigenvalue weighted by atomic mass is 16.2. The third-order valence-corrected chi connectivity index (χ3v) is 4.44. The number of rotatable bonds is 7. The molecule has 0 radical (unpaired) electrons. The van der Waals surface area contributed by atoms with Crippen molar-refractivity contribution in [3.63, 3.8) is 0 Å². The van der Waals surface area contributed by atoms with Crippen LogP contribution in [0.2, 0.25) is 0 Å². The predicted molar refractivity (Wildman–Crippen MR) is 98.8 cm³/mol. The van der Waals surface area contributed by atoms with Gasteiger partial charge in [0, 0.05) is 25.4 Å². The molecule has 1 fully saturated rings. The molecule has 2 heterocycles. The van der Waals surface area contributed by atoms with Crippen LogP contribution in [0, 0.1) is 6.92 Å². The summed E-state index contributed by atoms with van der Waals surface area (Å²) in [4.78, 5) is 16.3. The Hall–Kier alpha value is -2.57. The molecule has 0 aliphatic heterocycles. The largest absolute Gasteiger partial charge is 0.370 e. The molecule has 1 aliphatic rings. The van der Waals surface area contributed by atoms with Crippen molar-refractivity contribution in [3.8, 4) is 0 Å². The van der Waals surface area contributed by atoms with Crippen molar-refractivity contribution >= 4 is 17.7 Å². The van der Waals surface area contributed by atoms with Gasteiger partial charge in [0.1, 0.15) is 11.6 Å². The molecule has 1 aliphatic carbocycles. The van der Waals surface area contributed by atoms with Crippen LogP contribution in [0.15, 0.2) is 30.6 Å². The van der Waals surface area contributed by atoms with E-state index in [1.165, 1.54) is 12.8 Å². The monoisotopic (exact) mass is 342 g/mol. The van der Waals surface area contributed by atoms with E-state index in [1.807, 2.05) is 36.0 Å². The lowest BCUT2D eigenvalue weighted by atomic mass is 10.2. The average molecular weight is 342 g/mol. The summed E-state index contributed by atoms with van der Waals surface area (Å²) in [6.45, 7) is 3.37. The zero-order valence-corrected chi connectivity index (χ0v) is 14.7. The van der Waals surface area contributed by atoms with Crippen LogP contribution in [-0.2, 0) is 0 Å². The number of nitrogens with zero attached hydrogens (tertiary/aromatic N) is 3. The molecule has 25 heavy (non-hydrogen) atoms. The van der Waals surface area contributed by atoms with Gasteiger partial charge < -0.3 is 10.6 Å². The van der Waals surface area contributed by atoms with Crippen molar-refractivity contribution in [2.45, 2.75) is 45.1 Å². The van der Waals surface area contributed by atoms with E-state index in [9.17, 15) is 4.79 Å². The lowest BCUT2D eigenvalue weighted by Gasteiger charge is -2.15. The second-order valence-corrected chi connectivity index (χ2v) is 6.48. The van der Waals surface area contributed by atoms with Gasteiger partial charge >= 0.3 is 6.03 Å². The molecule has 0 saturated heterocycles. The standard InChI is InChI=1S/C18H26N6O/c1-14-7-8-16(21-13-14)19-10-4-11-20-18(25)23-17-9-12-22-24(17)15-5-2-3-6-15/h7-9,12-13,15H,2-6,10-11H2,1H3,(H,19,21)(H2,20,23,25). The van der Waals surface area contributed by atoms with Gasteiger partial charge in [-0.1, -0.05) is 18.9 Å². The van der Waals surface area contributed by atoms with E-state index in [0.29, 0.717) is 12.6 Å². The second-order valence-electron chi connectivity index (χ2n) is 6.48. The summed E-state index contributed by atoms with van der Waals surface area (Å²) in [6.07, 6.45) is 9.14. The van der Waals surface area contributed by atoms with E-state index in [1.54, 1.807) is 6.20 Å². The van der Waals surface area contributed by atoms with Crippen LogP contribution in [0.5, 0.6) is 0 Å². The Kier molecular flexibility index (Phi) is 5.87. The Morgan fingerprint density at radius 1 is 1.24 bits per heavy atom. The van der Waals surface area contributed by atoms with Crippen LogP contribution in [-0.4, -0.2) is 33.9 Å². The SMILES string of the molecule is Cc1ccc(NCCCNC(=O)Nc2ccnn2C2CCCC2)nc1. The second kappa shape index (κ2) is 8.50. The lowest BCUT2D eigenvalue weighted by Crippen LogP contribution is -2.31. The molecule has 1 saturated carbocycles. The van der Waals surface area contributed by atoms with E-state index in [4.69, 9.17) is 0 Å². The third-order valence-electron chi connectivity index (χ3n) is 4.44. The first-order chi connectivity index (χ1) is 12.2. The maximum atomic E-state index is 12.1. The van der Waals surface area contributed by atoms with Gasteiger partial charge in [0.05, 0.1) is 12.2 Å². The van der Waals surface area contributed by atoms with Crippen molar-refractivity contribution in [3.05, 3.63) is 36.2 Å². The molecule has 3 N–H and O–H groups in total. The molecular formula is C18H26N6O. The van der Waals surface area contributed by atoms with Crippen LogP contribution in [0.25, 0.3) is 0 Å². The number of urea groups is 1. The normalized spacial score (nSPS) is 14.4. The summed E-state index contributed by atoms with van der Waals surface area (Å²) < 4.78 is 1.94. The number of carbonyl (C=O) groups is 1. The van der Waals surface area contributed by atoms with Crippen LogP contribution in [0.1, 0.15) is 43.7 Å². The van der Waals surface area contributed by atoms with Gasteiger partial charge in [-0.15, -0.1) is 0 Å². The number of carbonyl (C=O) groups excluding carboxylic acids is 1. The number of aryl methyl sites for hydroxylation is 1. The third kappa shape index (κ3) is 4.95. The summed E-state index contributed by atoms with van der Waals surface area (Å²) >= 11 is 0. The maximum Gasteiger partial charge on any atom is 0.320 e. The molecule has 7 nitrogen and oxygen atoms in total. The van der Waals surface area contributed by atoms with Gasteiger partial charge in [0.25, 0.3) is 0 Å². The first kappa shape index (κ1) is 17.3. The quantitative estimate of drug-likeness (QED) is 0.674. The topological polar surface area (TPSA) is 83.9 Å². The molecule has 0 unspecified atom stereocenters. The fourth-order valence-corrected chi connectivity index (χ4v) is 3.09. The zero-order valence-electron chi connectivity index (χ0n) is 14.7. The fraction of sp³-hybridized carbons (Fsp3) is 0.500. The first-order valence-electron chi connectivity index (χ1n) is 8.97. The van der Waals surface area contributed by atoms with Crippen molar-refractivity contribution in [2.24, 2.45) is 0 Å². The van der Waals surface area contributed by atoms with E-state index in [0.717, 1.165) is 43.0 Å². The lowest BCUT2D eigenvalue weighted by molar-refractivity contribution is 0.251. The molecule has 0 atom stereocenters. The van der Waals surface area contributed by atoms with E-state index < -0.39 is 0 Å². The summed E-state index contributed by atoms with van der Waals surface area (Å²) in [7, 11) is 0. The number of nitrogens with one attached hydrogen (secondary N) is 3. The van der Waals surface area contributed by atoms with E-state index in [-0.39, 0.29) is 6.03 Å². The van der Waals surface area contributed by atoms with Crippen molar-refractivity contribution in [1.82, 2.24) is 20.1 Å². The molecule has 0 spiro atoms. The van der Waals surface area contributed by atoms with Gasteiger partial charge in [0.2, 0.25) is 0 Å². The minimum absolute atomic E-state index is 0.187. The predicted octanol–water partition coefficient (Wildman–Crippen LogP) is 3.33. The van der Waals surface area contributed by atoms with Crippen LogP contribution < -0.4 is 16.0 Å². The highest BCUT2D eigenvalue weighted by Crippen LogP contribution is 2.31. The first-order valence-corrected chi connectivity index (χ1v) is 8.97. The molecular weight excluding hydrogens is 316 g/mol. The minimum atomic E-state index is -0.187. The van der Waals surface area contributed by atoms with Crippen molar-refractivity contribution < 1.29 is 4.79 Å². The molecule has 2 aromatic rings. The molecule has 0 aromatic carbocycles. The number of hydrogen-bond acceptors (Lipinski definition) is 4. The fourth-order valence-electron chi connectivity index (χ4n) is 3.09. The van der Waals surface area contributed by atoms with Gasteiger partial charge in [-0.3, -0.25) is 5.32 Å². The molecule has 3 rings (SSSR count). The zero-order chi connectivity index (χ0) is 17.5. The number of hydrogen-bond donors (Lipinski definition) is 3. The number of amides is 2. The molecule has 2 aromatic heterocycles. The van der Waals surface area contributed by atoms with Gasteiger partial charge in [0.15, 0.2) is 0 Å². The highest BCUT2D eigenvalue weighted by molar-refractivity contribution is 5.88. The Labute approximate surface area is 148 Å². The van der Waals surface area contributed by atoms with Crippen LogP contribution in [0.4, 0.5) is 16.4 Å². The Morgan fingerprint density at radius 2 is 2.08 bits per heavy atom. The molecule has 0 bridgehead atoms. The Balaban J connectivity index is 1.36. The summed E-state index contributed by atoms with van der Waals surface area (Å²) in [5.41, 5.74) is 1.14. The van der Waals surface area contributed by atoms with Crippen LogP contribution >= 0.6 is 0 Å². The van der Waals surface area contributed by atoms with Gasteiger partial charge in [-0.2, -0.15) is 5.10 Å². The Morgan fingerprint density at radius 3 is 2.84 bits per heavy atom. The maximum absolute atomic E-state index is 12.1. The number of pyridine rings is 1. The average Bonchev–Trinajstić information content (AvgIpc) is 3.27. The van der Waals surface area contributed by atoms with Crippen LogP contribution in [0.3, 0.4) is 0 Å². The summed E-state index contributed by atoms with van der Waals surface area (Å²) in [5, 5.41) is 13.4. The Bertz CT molecular complexity index is 675. The highest BCUT2D eigenvalue weighted by Gasteiger charge is 2.20. The van der Waals surface area contributed by atoms with Gasteiger partial charge in [-0.05, 0) is 37.8 Å². The van der Waals surface area contributed by atoms with E-state index >= 15 is 0 Å². The molecule has 7 heteroatoms. The summed E-state index contributed by atoms with van der Waals surface area (Å²) in [5.74, 6) is 1.63. The molecule has 134 valence electrons. The van der Waals surface area contributed by atoms with E-state index in [2.05, 4.69) is 26.0 Å².